The van der Waals surface area contributed by atoms with E-state index in [9.17, 15) is 20.3 Å². The second kappa shape index (κ2) is 7.47. The summed E-state index contributed by atoms with van der Waals surface area (Å²) >= 11 is 0. The fourth-order valence-corrected chi connectivity index (χ4v) is 3.33. The lowest BCUT2D eigenvalue weighted by Gasteiger charge is -2.16. The van der Waals surface area contributed by atoms with Crippen molar-refractivity contribution in [2.75, 3.05) is 26.3 Å². The summed E-state index contributed by atoms with van der Waals surface area (Å²) in [5.41, 5.74) is 2.88. The van der Waals surface area contributed by atoms with Crippen LogP contribution in [0.15, 0.2) is 48.5 Å². The van der Waals surface area contributed by atoms with E-state index in [1.165, 1.54) is 0 Å². The highest BCUT2D eigenvalue weighted by atomic mass is 16.3. The first kappa shape index (κ1) is 17.2. The van der Waals surface area contributed by atoms with Gasteiger partial charge in [-0.3, -0.25) is 4.79 Å². The Kier molecular flexibility index (Phi) is 5.13. The van der Waals surface area contributed by atoms with Crippen molar-refractivity contribution in [1.29, 1.82) is 5.26 Å². The van der Waals surface area contributed by atoms with Crippen LogP contribution in [-0.2, 0) is 0 Å². The average molecular weight is 336 g/mol. The fraction of sp³-hybridized carbons (Fsp3) is 0.300. The lowest BCUT2D eigenvalue weighted by molar-refractivity contribution is 0.0778. The third-order valence-corrected chi connectivity index (χ3v) is 4.82. The summed E-state index contributed by atoms with van der Waals surface area (Å²) in [6.07, 6.45) is 0. The van der Waals surface area contributed by atoms with E-state index in [4.69, 9.17) is 0 Å². The normalized spacial score (nSPS) is 19.6. The minimum Gasteiger partial charge on any atom is -0.396 e. The van der Waals surface area contributed by atoms with Gasteiger partial charge in [0.25, 0.3) is 5.91 Å². The van der Waals surface area contributed by atoms with Gasteiger partial charge in [0, 0.05) is 43.7 Å². The summed E-state index contributed by atoms with van der Waals surface area (Å²) in [5.74, 6) is -0.249. The van der Waals surface area contributed by atoms with Gasteiger partial charge in [0.1, 0.15) is 0 Å². The van der Waals surface area contributed by atoms with E-state index < -0.39 is 0 Å². The summed E-state index contributed by atoms with van der Waals surface area (Å²) in [7, 11) is 0. The molecule has 128 valence electrons. The maximum Gasteiger partial charge on any atom is 0.253 e. The van der Waals surface area contributed by atoms with Crippen LogP contribution in [0.5, 0.6) is 0 Å². The molecule has 1 aliphatic heterocycles. The number of nitrogens with zero attached hydrogens (tertiary/aromatic N) is 2. The number of carbonyl (C=O) groups excluding carboxylic acids is 1. The Morgan fingerprint density at radius 1 is 1.04 bits per heavy atom. The second-order valence-electron chi connectivity index (χ2n) is 6.33. The number of hydrogen-bond donors (Lipinski definition) is 2. The van der Waals surface area contributed by atoms with Crippen molar-refractivity contribution in [3.8, 4) is 17.2 Å². The van der Waals surface area contributed by atoms with Crippen LogP contribution in [0.4, 0.5) is 0 Å². The number of benzene rings is 2. The molecule has 3 rings (SSSR count). The van der Waals surface area contributed by atoms with Gasteiger partial charge in [0.2, 0.25) is 0 Å². The molecule has 1 amide bonds. The van der Waals surface area contributed by atoms with E-state index in [2.05, 4.69) is 6.07 Å². The Morgan fingerprint density at radius 3 is 2.20 bits per heavy atom. The van der Waals surface area contributed by atoms with E-state index in [0.29, 0.717) is 24.2 Å². The van der Waals surface area contributed by atoms with Crippen LogP contribution < -0.4 is 0 Å². The largest absolute Gasteiger partial charge is 0.396 e. The molecule has 1 heterocycles. The van der Waals surface area contributed by atoms with Crippen molar-refractivity contribution in [1.82, 2.24) is 4.90 Å². The number of likely N-dealkylation sites (tertiary alicyclic amines) is 1. The van der Waals surface area contributed by atoms with Gasteiger partial charge in [-0.25, -0.2) is 0 Å². The minimum absolute atomic E-state index is 0.0289. The smallest absolute Gasteiger partial charge is 0.253 e. The van der Waals surface area contributed by atoms with Crippen LogP contribution in [-0.4, -0.2) is 47.3 Å². The Bertz CT molecular complexity index is 783. The maximum atomic E-state index is 12.7. The minimum atomic E-state index is -0.102. The van der Waals surface area contributed by atoms with Gasteiger partial charge in [-0.1, -0.05) is 30.3 Å². The van der Waals surface area contributed by atoms with Crippen LogP contribution >= 0.6 is 0 Å². The Balaban J connectivity index is 1.79. The van der Waals surface area contributed by atoms with E-state index in [-0.39, 0.29) is 31.0 Å². The number of aliphatic hydroxyl groups excluding tert-OH is 2. The molecular formula is C20H20N2O3. The average Bonchev–Trinajstić information content (AvgIpc) is 3.11. The van der Waals surface area contributed by atoms with E-state index in [0.717, 1.165) is 11.1 Å². The molecule has 2 aromatic carbocycles. The van der Waals surface area contributed by atoms with Crippen LogP contribution in [0.2, 0.25) is 0 Å². The summed E-state index contributed by atoms with van der Waals surface area (Å²) < 4.78 is 0. The summed E-state index contributed by atoms with van der Waals surface area (Å²) in [6, 6.07) is 16.7. The standard InChI is InChI=1S/C20H20N2O3/c21-9-16-3-1-2-4-19(16)14-5-7-15(8-6-14)20(25)22-10-17(12-23)18(11-22)13-24/h1-8,17-18,23-24H,10-13H2/t17-,18-/m0/s1. The molecule has 2 N–H and O–H groups in total. The molecule has 0 unspecified atom stereocenters. The first-order valence-corrected chi connectivity index (χ1v) is 8.28. The third-order valence-electron chi connectivity index (χ3n) is 4.82. The first-order chi connectivity index (χ1) is 12.2. The Hall–Kier alpha value is -2.68. The number of aliphatic hydroxyl groups is 2. The predicted molar refractivity (Wildman–Crippen MR) is 93.6 cm³/mol. The molecule has 0 radical (unpaired) electrons. The predicted octanol–water partition coefficient (Wildman–Crippen LogP) is 1.90. The highest BCUT2D eigenvalue weighted by molar-refractivity contribution is 5.95. The second-order valence-corrected chi connectivity index (χ2v) is 6.33. The van der Waals surface area contributed by atoms with Gasteiger partial charge in [-0.2, -0.15) is 5.26 Å². The molecule has 1 aliphatic rings. The Morgan fingerprint density at radius 2 is 1.64 bits per heavy atom. The lowest BCUT2D eigenvalue weighted by Crippen LogP contribution is -2.29. The van der Waals surface area contributed by atoms with Gasteiger partial charge < -0.3 is 15.1 Å². The molecule has 5 heteroatoms. The highest BCUT2D eigenvalue weighted by Crippen LogP contribution is 2.26. The molecule has 5 nitrogen and oxygen atoms in total. The third kappa shape index (κ3) is 3.41. The van der Waals surface area contributed by atoms with Crippen molar-refractivity contribution in [2.24, 2.45) is 11.8 Å². The van der Waals surface area contributed by atoms with Crippen molar-refractivity contribution in [3.63, 3.8) is 0 Å². The monoisotopic (exact) mass is 336 g/mol. The maximum absolute atomic E-state index is 12.7. The van der Waals surface area contributed by atoms with Gasteiger partial charge in [0.05, 0.1) is 11.6 Å². The van der Waals surface area contributed by atoms with Crippen molar-refractivity contribution in [2.45, 2.75) is 0 Å². The zero-order valence-corrected chi connectivity index (χ0v) is 13.8. The molecule has 25 heavy (non-hydrogen) atoms. The quantitative estimate of drug-likeness (QED) is 0.893. The molecule has 0 aliphatic carbocycles. The molecule has 1 saturated heterocycles. The first-order valence-electron chi connectivity index (χ1n) is 8.28. The number of amides is 1. The number of carbonyl (C=O) groups is 1. The van der Waals surface area contributed by atoms with Crippen molar-refractivity contribution >= 4 is 5.91 Å². The van der Waals surface area contributed by atoms with E-state index >= 15 is 0 Å². The fourth-order valence-electron chi connectivity index (χ4n) is 3.33. The summed E-state index contributed by atoms with van der Waals surface area (Å²) in [4.78, 5) is 14.3. The molecular weight excluding hydrogens is 316 g/mol. The van der Waals surface area contributed by atoms with Gasteiger partial charge in [-0.05, 0) is 29.3 Å². The molecule has 0 bridgehead atoms. The lowest BCUT2D eigenvalue weighted by atomic mass is 9.98. The van der Waals surface area contributed by atoms with Crippen molar-refractivity contribution < 1.29 is 15.0 Å². The topological polar surface area (TPSA) is 84.6 Å². The molecule has 0 saturated carbocycles. The molecule has 2 aromatic rings. The highest BCUT2D eigenvalue weighted by Gasteiger charge is 2.34. The molecule has 2 atom stereocenters. The summed E-state index contributed by atoms with van der Waals surface area (Å²) in [5, 5.41) is 28.0. The van der Waals surface area contributed by atoms with Crippen LogP contribution in [0.25, 0.3) is 11.1 Å². The van der Waals surface area contributed by atoms with Gasteiger partial charge >= 0.3 is 0 Å². The zero-order valence-electron chi connectivity index (χ0n) is 13.8. The zero-order chi connectivity index (χ0) is 17.8. The van der Waals surface area contributed by atoms with Crippen molar-refractivity contribution in [3.05, 3.63) is 59.7 Å². The van der Waals surface area contributed by atoms with Gasteiger partial charge in [-0.15, -0.1) is 0 Å². The van der Waals surface area contributed by atoms with Gasteiger partial charge in [0.15, 0.2) is 0 Å². The SMILES string of the molecule is N#Cc1ccccc1-c1ccc(C(=O)N2C[C@@H](CO)[C@H](CO)C2)cc1. The number of nitriles is 1. The Labute approximate surface area is 146 Å². The number of hydrogen-bond acceptors (Lipinski definition) is 4. The summed E-state index contributed by atoms with van der Waals surface area (Å²) in [6.45, 7) is 0.858. The van der Waals surface area contributed by atoms with Crippen LogP contribution in [0.1, 0.15) is 15.9 Å². The molecule has 0 aromatic heterocycles. The van der Waals surface area contributed by atoms with Crippen LogP contribution in [0, 0.1) is 23.2 Å². The van der Waals surface area contributed by atoms with E-state index in [1.54, 1.807) is 23.1 Å². The number of rotatable bonds is 4. The molecule has 0 spiro atoms. The van der Waals surface area contributed by atoms with E-state index in [1.807, 2.05) is 30.3 Å². The van der Waals surface area contributed by atoms with Crippen LogP contribution in [0.3, 0.4) is 0 Å². The molecule has 1 fully saturated rings.